The van der Waals surface area contributed by atoms with Crippen molar-refractivity contribution in [3.63, 3.8) is 0 Å². The standard InChI is InChI=1S/C32H32O3/c1-3-32(34)18-17-29-27-15-11-22-19-23(33)12-16-26(22)30(27)28(20-31(29,32)2)21-9-13-25(14-10-21)35-24-7-5-4-6-8-24/h1,4-10,13-14,19,27-29,34H,11-12,15-18,20H2,2H3. The first kappa shape index (κ1) is 22.4. The maximum atomic E-state index is 12.2. The van der Waals surface area contributed by atoms with Crippen LogP contribution in [-0.2, 0) is 4.79 Å². The van der Waals surface area contributed by atoms with E-state index in [4.69, 9.17) is 11.2 Å². The number of ether oxygens (including phenoxy) is 1. The molecule has 0 aromatic heterocycles. The Bertz CT molecular complexity index is 1260. The Morgan fingerprint density at radius 2 is 1.74 bits per heavy atom. The van der Waals surface area contributed by atoms with Crippen LogP contribution in [0.5, 0.6) is 11.5 Å². The van der Waals surface area contributed by atoms with Gasteiger partial charge in [0.15, 0.2) is 5.78 Å². The number of hydrogen-bond donors (Lipinski definition) is 1. The first-order valence-corrected chi connectivity index (χ1v) is 12.9. The van der Waals surface area contributed by atoms with Gasteiger partial charge in [0.2, 0.25) is 0 Å². The molecule has 2 aromatic rings. The summed E-state index contributed by atoms with van der Waals surface area (Å²) in [5.74, 6) is 5.65. The lowest BCUT2D eigenvalue weighted by Gasteiger charge is -2.53. The maximum absolute atomic E-state index is 12.2. The Morgan fingerprint density at radius 1 is 1.00 bits per heavy atom. The van der Waals surface area contributed by atoms with E-state index in [-0.39, 0.29) is 17.1 Å². The van der Waals surface area contributed by atoms with E-state index in [2.05, 4.69) is 25.0 Å². The van der Waals surface area contributed by atoms with Gasteiger partial charge in [-0.3, -0.25) is 4.79 Å². The molecule has 0 amide bonds. The van der Waals surface area contributed by atoms with Crippen molar-refractivity contribution in [2.75, 3.05) is 0 Å². The molecule has 4 aliphatic rings. The maximum Gasteiger partial charge on any atom is 0.156 e. The number of ketones is 1. The Balaban J connectivity index is 1.43. The van der Waals surface area contributed by atoms with Crippen LogP contribution in [0.2, 0.25) is 0 Å². The van der Waals surface area contributed by atoms with Crippen LogP contribution in [0, 0.1) is 29.6 Å². The molecule has 2 fully saturated rings. The lowest BCUT2D eigenvalue weighted by Crippen LogP contribution is -2.50. The van der Waals surface area contributed by atoms with Crippen molar-refractivity contribution in [2.45, 2.75) is 63.4 Å². The predicted molar refractivity (Wildman–Crippen MR) is 137 cm³/mol. The van der Waals surface area contributed by atoms with Crippen molar-refractivity contribution in [1.29, 1.82) is 0 Å². The largest absolute Gasteiger partial charge is 0.457 e. The van der Waals surface area contributed by atoms with Gasteiger partial charge in [0, 0.05) is 17.8 Å². The van der Waals surface area contributed by atoms with Crippen LogP contribution in [-0.4, -0.2) is 16.5 Å². The van der Waals surface area contributed by atoms with Crippen LogP contribution >= 0.6 is 0 Å². The van der Waals surface area contributed by atoms with E-state index in [0.717, 1.165) is 43.6 Å². The average molecular weight is 465 g/mol. The third-order valence-corrected chi connectivity index (χ3v) is 9.39. The lowest BCUT2D eigenvalue weighted by molar-refractivity contribution is -0.114. The molecule has 1 N–H and O–H groups in total. The fraction of sp³-hybridized carbons (Fsp3) is 0.406. The number of rotatable bonds is 3. The summed E-state index contributed by atoms with van der Waals surface area (Å²) >= 11 is 0. The van der Waals surface area contributed by atoms with Crippen molar-refractivity contribution in [2.24, 2.45) is 17.3 Å². The van der Waals surface area contributed by atoms with E-state index in [1.807, 2.05) is 48.5 Å². The highest BCUT2D eigenvalue weighted by Crippen LogP contribution is 2.66. The molecule has 2 aromatic carbocycles. The van der Waals surface area contributed by atoms with Crippen molar-refractivity contribution >= 4 is 5.78 Å². The summed E-state index contributed by atoms with van der Waals surface area (Å²) in [6, 6.07) is 18.3. The molecule has 5 unspecified atom stereocenters. The van der Waals surface area contributed by atoms with Crippen LogP contribution in [0.25, 0.3) is 0 Å². The van der Waals surface area contributed by atoms with Crippen LogP contribution in [0.3, 0.4) is 0 Å². The fourth-order valence-corrected chi connectivity index (χ4v) is 7.59. The number of benzene rings is 2. The van der Waals surface area contributed by atoms with Gasteiger partial charge in [-0.05, 0) is 97.4 Å². The van der Waals surface area contributed by atoms with Crippen molar-refractivity contribution in [1.82, 2.24) is 0 Å². The average Bonchev–Trinajstić information content (AvgIpc) is 3.15. The van der Waals surface area contributed by atoms with E-state index < -0.39 is 5.60 Å². The van der Waals surface area contributed by atoms with Gasteiger partial charge >= 0.3 is 0 Å². The number of fused-ring (bicyclic) bond motifs is 4. The molecule has 0 radical (unpaired) electrons. The van der Waals surface area contributed by atoms with Gasteiger partial charge in [-0.2, -0.15) is 0 Å². The van der Waals surface area contributed by atoms with Crippen molar-refractivity contribution in [3.8, 4) is 23.8 Å². The van der Waals surface area contributed by atoms with Crippen LogP contribution in [0.4, 0.5) is 0 Å². The highest BCUT2D eigenvalue weighted by atomic mass is 16.5. The Labute approximate surface area is 207 Å². The van der Waals surface area contributed by atoms with Gasteiger partial charge in [-0.1, -0.05) is 48.7 Å². The summed E-state index contributed by atoms with van der Waals surface area (Å²) in [7, 11) is 0. The summed E-state index contributed by atoms with van der Waals surface area (Å²) < 4.78 is 6.04. The van der Waals surface area contributed by atoms with Gasteiger partial charge in [0.05, 0.1) is 0 Å². The molecule has 3 heteroatoms. The van der Waals surface area contributed by atoms with Crippen molar-refractivity contribution < 1.29 is 14.6 Å². The number of carbonyl (C=O) groups excluding carboxylic acids is 1. The molecule has 3 nitrogen and oxygen atoms in total. The number of allylic oxidation sites excluding steroid dienone is 4. The lowest BCUT2D eigenvalue weighted by atomic mass is 9.51. The zero-order valence-electron chi connectivity index (χ0n) is 20.3. The van der Waals surface area contributed by atoms with Gasteiger partial charge < -0.3 is 9.84 Å². The van der Waals surface area contributed by atoms with Gasteiger partial charge in [0.1, 0.15) is 17.1 Å². The zero-order chi connectivity index (χ0) is 24.2. The molecule has 35 heavy (non-hydrogen) atoms. The highest BCUT2D eigenvalue weighted by molar-refractivity contribution is 5.93. The molecule has 0 heterocycles. The summed E-state index contributed by atoms with van der Waals surface area (Å²) in [6.07, 6.45) is 13.7. The summed E-state index contributed by atoms with van der Waals surface area (Å²) in [5.41, 5.74) is 4.01. The van der Waals surface area contributed by atoms with E-state index in [1.54, 1.807) is 0 Å². The summed E-state index contributed by atoms with van der Waals surface area (Å²) in [4.78, 5) is 12.2. The third kappa shape index (κ3) is 3.50. The Hall–Kier alpha value is -3.09. The topological polar surface area (TPSA) is 46.5 Å². The number of carbonyl (C=O) groups is 1. The minimum absolute atomic E-state index is 0.178. The molecule has 0 saturated heterocycles. The second-order valence-corrected chi connectivity index (χ2v) is 11.0. The molecule has 0 spiro atoms. The summed E-state index contributed by atoms with van der Waals surface area (Å²) in [5, 5.41) is 11.6. The third-order valence-electron chi connectivity index (χ3n) is 9.39. The van der Waals surface area contributed by atoms with Gasteiger partial charge in [0.25, 0.3) is 0 Å². The molecule has 178 valence electrons. The zero-order valence-corrected chi connectivity index (χ0v) is 20.3. The number of aliphatic hydroxyl groups is 1. The van der Waals surface area contributed by atoms with Crippen LogP contribution in [0.1, 0.15) is 63.4 Å². The molecule has 2 saturated carbocycles. The molecule has 0 aliphatic heterocycles. The summed E-state index contributed by atoms with van der Waals surface area (Å²) in [6.45, 7) is 2.22. The number of para-hydroxylation sites is 1. The fourth-order valence-electron chi connectivity index (χ4n) is 7.59. The van der Waals surface area contributed by atoms with E-state index in [0.29, 0.717) is 24.7 Å². The molecular formula is C32H32O3. The monoisotopic (exact) mass is 464 g/mol. The van der Waals surface area contributed by atoms with Gasteiger partial charge in [-0.15, -0.1) is 6.42 Å². The first-order valence-electron chi connectivity index (χ1n) is 12.9. The predicted octanol–water partition coefficient (Wildman–Crippen LogP) is 6.74. The Kier molecular flexibility index (Phi) is 5.27. The minimum Gasteiger partial charge on any atom is -0.457 e. The van der Waals surface area contributed by atoms with E-state index in [1.165, 1.54) is 22.3 Å². The van der Waals surface area contributed by atoms with Crippen LogP contribution < -0.4 is 4.74 Å². The van der Waals surface area contributed by atoms with Crippen LogP contribution in [0.15, 0.2) is 77.4 Å². The quantitative estimate of drug-likeness (QED) is 0.512. The molecule has 0 bridgehead atoms. The second kappa shape index (κ2) is 8.25. The molecule has 6 rings (SSSR count). The molecule has 4 aliphatic carbocycles. The Morgan fingerprint density at radius 3 is 2.49 bits per heavy atom. The molecular weight excluding hydrogens is 432 g/mol. The van der Waals surface area contributed by atoms with E-state index in [9.17, 15) is 9.90 Å². The minimum atomic E-state index is -1.07. The highest BCUT2D eigenvalue weighted by Gasteiger charge is 2.62. The SMILES string of the molecule is C#CC1(O)CCC2C3CCC4=CC(=O)CCC4=C3C(c3ccc(Oc4ccccc4)cc3)CC21C. The smallest absolute Gasteiger partial charge is 0.156 e. The van der Waals surface area contributed by atoms with Gasteiger partial charge in [-0.25, -0.2) is 0 Å². The number of hydrogen-bond acceptors (Lipinski definition) is 3. The normalized spacial score (nSPS) is 33.8. The van der Waals surface area contributed by atoms with Crippen molar-refractivity contribution in [3.05, 3.63) is 83.0 Å². The van der Waals surface area contributed by atoms with E-state index >= 15 is 0 Å². The first-order chi connectivity index (χ1) is 16.9. The molecule has 5 atom stereocenters. The number of terminal acetylenes is 1. The second-order valence-electron chi connectivity index (χ2n) is 11.0.